The molecule has 5 heteroatoms. The van der Waals surface area contributed by atoms with Crippen LogP contribution in [-0.2, 0) is 16.0 Å². The second-order valence-electron chi connectivity index (χ2n) is 7.23. The highest BCUT2D eigenvalue weighted by molar-refractivity contribution is 6.30. The second-order valence-corrected chi connectivity index (χ2v) is 8.11. The van der Waals surface area contributed by atoms with E-state index in [1.54, 1.807) is 4.90 Å². The molecule has 0 aliphatic carbocycles. The van der Waals surface area contributed by atoms with E-state index in [2.05, 4.69) is 0 Å². The Morgan fingerprint density at radius 2 is 1.38 bits per heavy atom. The Kier molecular flexibility index (Phi) is 5.91. The standard InChI is InChI=1S/C24H21Cl2NO2/c1-27-22(17-7-11-19(25)12-8-17)23(18-9-13-20(26)14-10-18)29-21(24(27)28)15-16-5-3-2-4-6-16/h2-14,21-23H,15H2,1H3/t21-,22+,23?/m0/s1. The number of halogens is 2. The summed E-state index contributed by atoms with van der Waals surface area (Å²) >= 11 is 12.2. The second kappa shape index (κ2) is 8.58. The molecule has 1 saturated heterocycles. The van der Waals surface area contributed by atoms with E-state index in [1.165, 1.54) is 0 Å². The number of amides is 1. The normalized spacial score (nSPS) is 22.0. The number of benzene rings is 3. The van der Waals surface area contributed by atoms with Crippen LogP contribution in [0.3, 0.4) is 0 Å². The molecule has 0 spiro atoms. The van der Waals surface area contributed by atoms with E-state index in [1.807, 2.05) is 85.9 Å². The molecule has 1 fully saturated rings. The molecule has 1 aliphatic heterocycles. The van der Waals surface area contributed by atoms with Crippen molar-refractivity contribution in [3.8, 4) is 0 Å². The van der Waals surface area contributed by atoms with Gasteiger partial charge in [-0.05, 0) is 41.0 Å². The molecule has 0 bridgehead atoms. The van der Waals surface area contributed by atoms with Gasteiger partial charge in [-0.25, -0.2) is 0 Å². The van der Waals surface area contributed by atoms with Crippen LogP contribution in [0.2, 0.25) is 10.0 Å². The smallest absolute Gasteiger partial charge is 0.252 e. The first-order valence-electron chi connectivity index (χ1n) is 9.50. The van der Waals surface area contributed by atoms with Gasteiger partial charge in [0.1, 0.15) is 12.2 Å². The molecule has 4 rings (SSSR count). The zero-order valence-corrected chi connectivity index (χ0v) is 17.5. The number of ether oxygens (including phenoxy) is 1. The fourth-order valence-electron chi connectivity index (χ4n) is 3.81. The molecule has 1 aliphatic rings. The molecule has 1 amide bonds. The van der Waals surface area contributed by atoms with E-state index in [4.69, 9.17) is 27.9 Å². The molecule has 148 valence electrons. The predicted octanol–water partition coefficient (Wildman–Crippen LogP) is 5.88. The van der Waals surface area contributed by atoms with Gasteiger partial charge in [-0.1, -0.05) is 77.8 Å². The van der Waals surface area contributed by atoms with E-state index in [9.17, 15) is 4.79 Å². The van der Waals surface area contributed by atoms with Gasteiger partial charge in [-0.15, -0.1) is 0 Å². The van der Waals surface area contributed by atoms with Crippen LogP contribution in [0.5, 0.6) is 0 Å². The zero-order valence-electron chi connectivity index (χ0n) is 16.0. The van der Waals surface area contributed by atoms with Crippen molar-refractivity contribution in [3.63, 3.8) is 0 Å². The Morgan fingerprint density at radius 1 is 0.828 bits per heavy atom. The summed E-state index contributed by atoms with van der Waals surface area (Å²) in [5.41, 5.74) is 3.02. The molecule has 1 unspecified atom stereocenters. The summed E-state index contributed by atoms with van der Waals surface area (Å²) in [5.74, 6) is -0.0287. The number of likely N-dealkylation sites (N-methyl/N-ethyl adjacent to an activating group) is 1. The van der Waals surface area contributed by atoms with Crippen LogP contribution in [0, 0.1) is 0 Å². The van der Waals surface area contributed by atoms with E-state index in [-0.39, 0.29) is 18.1 Å². The van der Waals surface area contributed by atoms with Gasteiger partial charge in [-0.2, -0.15) is 0 Å². The first kappa shape index (κ1) is 20.0. The maximum absolute atomic E-state index is 13.2. The third kappa shape index (κ3) is 4.32. The molecular formula is C24H21Cl2NO2. The monoisotopic (exact) mass is 425 g/mol. The molecule has 0 radical (unpaired) electrons. The Bertz CT molecular complexity index is 974. The van der Waals surface area contributed by atoms with Gasteiger partial charge >= 0.3 is 0 Å². The minimum atomic E-state index is -0.549. The fraction of sp³-hybridized carbons (Fsp3) is 0.208. The first-order valence-corrected chi connectivity index (χ1v) is 10.3. The Balaban J connectivity index is 1.71. The van der Waals surface area contributed by atoms with Crippen molar-refractivity contribution in [1.82, 2.24) is 4.90 Å². The first-order chi connectivity index (χ1) is 14.0. The van der Waals surface area contributed by atoms with E-state index >= 15 is 0 Å². The van der Waals surface area contributed by atoms with Crippen LogP contribution in [0.15, 0.2) is 78.9 Å². The van der Waals surface area contributed by atoms with Crippen LogP contribution in [0.4, 0.5) is 0 Å². The van der Waals surface area contributed by atoms with Crippen LogP contribution in [0.1, 0.15) is 28.8 Å². The van der Waals surface area contributed by atoms with E-state index in [0.29, 0.717) is 16.5 Å². The quantitative estimate of drug-likeness (QED) is 0.522. The number of hydrogen-bond acceptors (Lipinski definition) is 2. The topological polar surface area (TPSA) is 29.5 Å². The van der Waals surface area contributed by atoms with Gasteiger partial charge in [0.15, 0.2) is 0 Å². The average Bonchev–Trinajstić information content (AvgIpc) is 2.74. The van der Waals surface area contributed by atoms with Crippen molar-refractivity contribution in [3.05, 3.63) is 106 Å². The lowest BCUT2D eigenvalue weighted by Gasteiger charge is -2.43. The van der Waals surface area contributed by atoms with Gasteiger partial charge in [0.2, 0.25) is 0 Å². The van der Waals surface area contributed by atoms with E-state index < -0.39 is 6.10 Å². The highest BCUT2D eigenvalue weighted by Gasteiger charge is 2.42. The third-order valence-electron chi connectivity index (χ3n) is 5.31. The lowest BCUT2D eigenvalue weighted by molar-refractivity contribution is -0.171. The lowest BCUT2D eigenvalue weighted by atomic mass is 9.91. The number of rotatable bonds is 4. The summed E-state index contributed by atoms with van der Waals surface area (Å²) in [6.45, 7) is 0. The van der Waals surface area contributed by atoms with Crippen molar-refractivity contribution in [1.29, 1.82) is 0 Å². The van der Waals surface area contributed by atoms with Crippen molar-refractivity contribution in [2.24, 2.45) is 0 Å². The highest BCUT2D eigenvalue weighted by Crippen LogP contribution is 2.42. The number of carbonyl (C=O) groups excluding carboxylic acids is 1. The van der Waals surface area contributed by atoms with Crippen molar-refractivity contribution in [2.45, 2.75) is 24.7 Å². The molecule has 0 aromatic heterocycles. The summed E-state index contributed by atoms with van der Waals surface area (Å²) in [6, 6.07) is 24.9. The molecule has 3 aromatic rings. The number of hydrogen-bond donors (Lipinski definition) is 0. The molecule has 3 aromatic carbocycles. The minimum Gasteiger partial charge on any atom is -0.358 e. The molecule has 29 heavy (non-hydrogen) atoms. The zero-order chi connectivity index (χ0) is 20.4. The minimum absolute atomic E-state index is 0.0287. The van der Waals surface area contributed by atoms with Crippen molar-refractivity contribution in [2.75, 3.05) is 7.05 Å². The largest absolute Gasteiger partial charge is 0.358 e. The maximum Gasteiger partial charge on any atom is 0.252 e. The van der Waals surface area contributed by atoms with Crippen LogP contribution < -0.4 is 0 Å². The third-order valence-corrected chi connectivity index (χ3v) is 5.82. The Hall–Kier alpha value is -2.33. The fourth-order valence-corrected chi connectivity index (χ4v) is 4.06. The van der Waals surface area contributed by atoms with E-state index in [0.717, 1.165) is 16.7 Å². The number of morpholine rings is 1. The maximum atomic E-state index is 13.2. The summed E-state index contributed by atoms with van der Waals surface area (Å²) in [5, 5.41) is 1.32. The summed E-state index contributed by atoms with van der Waals surface area (Å²) in [4.78, 5) is 15.0. The average molecular weight is 426 g/mol. The Morgan fingerprint density at radius 3 is 1.97 bits per heavy atom. The molecule has 0 saturated carbocycles. The molecule has 3 nitrogen and oxygen atoms in total. The summed E-state index contributed by atoms with van der Waals surface area (Å²) in [7, 11) is 1.84. The molecule has 3 atom stereocenters. The molecule has 0 N–H and O–H groups in total. The van der Waals surface area contributed by atoms with Crippen LogP contribution in [-0.4, -0.2) is 24.0 Å². The van der Waals surface area contributed by atoms with Crippen LogP contribution >= 0.6 is 23.2 Å². The predicted molar refractivity (Wildman–Crippen MR) is 116 cm³/mol. The SMILES string of the molecule is CN1C(=O)[C@H](Cc2ccccc2)OC(c2ccc(Cl)cc2)[C@H]1c1ccc(Cl)cc1. The van der Waals surface area contributed by atoms with Gasteiger partial charge in [0.25, 0.3) is 5.91 Å². The highest BCUT2D eigenvalue weighted by atomic mass is 35.5. The van der Waals surface area contributed by atoms with Gasteiger partial charge < -0.3 is 9.64 Å². The van der Waals surface area contributed by atoms with Crippen LogP contribution in [0.25, 0.3) is 0 Å². The van der Waals surface area contributed by atoms with Gasteiger partial charge in [0, 0.05) is 23.5 Å². The summed E-state index contributed by atoms with van der Waals surface area (Å²) in [6.07, 6.45) is -0.335. The van der Waals surface area contributed by atoms with Crippen molar-refractivity contribution >= 4 is 29.1 Å². The van der Waals surface area contributed by atoms with Crippen molar-refractivity contribution < 1.29 is 9.53 Å². The lowest BCUT2D eigenvalue weighted by Crippen LogP contribution is -2.49. The Labute approximate surface area is 180 Å². The molecular weight excluding hydrogens is 405 g/mol. The number of nitrogens with zero attached hydrogens (tertiary/aromatic N) is 1. The summed E-state index contributed by atoms with van der Waals surface area (Å²) < 4.78 is 6.43. The molecule has 1 heterocycles. The van der Waals surface area contributed by atoms with Gasteiger partial charge in [0.05, 0.1) is 6.04 Å². The van der Waals surface area contributed by atoms with Gasteiger partial charge in [-0.3, -0.25) is 4.79 Å². The number of carbonyl (C=O) groups is 1.